The summed E-state index contributed by atoms with van der Waals surface area (Å²) in [6, 6.07) is 16.7. The van der Waals surface area contributed by atoms with Crippen molar-refractivity contribution >= 4 is 5.69 Å². The summed E-state index contributed by atoms with van der Waals surface area (Å²) in [6.45, 7) is 4.33. The highest BCUT2D eigenvalue weighted by Gasteiger charge is 2.06. The van der Waals surface area contributed by atoms with Crippen LogP contribution in [0, 0.1) is 0 Å². The van der Waals surface area contributed by atoms with Crippen molar-refractivity contribution in [2.24, 2.45) is 0 Å². The first-order chi connectivity index (χ1) is 7.68. The smallest absolute Gasteiger partial charge is 0.0349 e. The Balaban J connectivity index is 2.48. The number of benzene rings is 2. The Labute approximate surface area is 96.9 Å². The van der Waals surface area contributed by atoms with Gasteiger partial charge in [-0.3, -0.25) is 0 Å². The van der Waals surface area contributed by atoms with Crippen LogP contribution < -0.4 is 5.73 Å². The molecule has 1 nitrogen and oxygen atoms in total. The highest BCUT2D eigenvalue weighted by atomic mass is 14.6. The van der Waals surface area contributed by atoms with E-state index in [2.05, 4.69) is 50.2 Å². The quantitative estimate of drug-likeness (QED) is 0.745. The zero-order valence-corrected chi connectivity index (χ0v) is 9.77. The summed E-state index contributed by atoms with van der Waals surface area (Å²) in [4.78, 5) is 0. The Morgan fingerprint density at radius 3 is 2.19 bits per heavy atom. The van der Waals surface area contributed by atoms with Crippen molar-refractivity contribution in [3.8, 4) is 11.1 Å². The van der Waals surface area contributed by atoms with E-state index in [4.69, 9.17) is 5.73 Å². The molecule has 16 heavy (non-hydrogen) atoms. The molecule has 0 aliphatic heterocycles. The third-order valence-corrected chi connectivity index (χ3v) is 2.82. The van der Waals surface area contributed by atoms with Crippen LogP contribution in [-0.4, -0.2) is 0 Å². The minimum Gasteiger partial charge on any atom is -0.398 e. The molecule has 0 aliphatic rings. The SMILES string of the molecule is CC(C)c1cc(-c2ccccc2)ccc1N. The molecule has 0 saturated carbocycles. The number of hydrogen-bond acceptors (Lipinski definition) is 1. The molecule has 2 N–H and O–H groups in total. The van der Waals surface area contributed by atoms with Gasteiger partial charge < -0.3 is 5.73 Å². The molecule has 0 spiro atoms. The molecule has 0 amide bonds. The number of hydrogen-bond donors (Lipinski definition) is 1. The molecular formula is C15H17N. The normalized spacial score (nSPS) is 10.7. The standard InChI is InChI=1S/C15H17N/c1-11(2)14-10-13(8-9-15(14)16)12-6-4-3-5-7-12/h3-11H,16H2,1-2H3. The van der Waals surface area contributed by atoms with Gasteiger partial charge in [0.1, 0.15) is 0 Å². The van der Waals surface area contributed by atoms with E-state index in [-0.39, 0.29) is 0 Å². The van der Waals surface area contributed by atoms with Crippen molar-refractivity contribution in [1.29, 1.82) is 0 Å². The van der Waals surface area contributed by atoms with Gasteiger partial charge in [0.15, 0.2) is 0 Å². The number of rotatable bonds is 2. The van der Waals surface area contributed by atoms with Gasteiger partial charge in [0.05, 0.1) is 0 Å². The number of nitrogens with two attached hydrogens (primary N) is 1. The van der Waals surface area contributed by atoms with Gasteiger partial charge in [-0.2, -0.15) is 0 Å². The van der Waals surface area contributed by atoms with Crippen LogP contribution in [0.15, 0.2) is 48.5 Å². The van der Waals surface area contributed by atoms with E-state index in [9.17, 15) is 0 Å². The van der Waals surface area contributed by atoms with Gasteiger partial charge in [0.2, 0.25) is 0 Å². The average molecular weight is 211 g/mol. The fraction of sp³-hybridized carbons (Fsp3) is 0.200. The molecule has 0 atom stereocenters. The second kappa shape index (κ2) is 4.40. The van der Waals surface area contributed by atoms with Crippen molar-refractivity contribution in [2.75, 3.05) is 5.73 Å². The van der Waals surface area contributed by atoms with Crippen LogP contribution in [-0.2, 0) is 0 Å². The second-order valence-corrected chi connectivity index (χ2v) is 4.36. The van der Waals surface area contributed by atoms with Gasteiger partial charge in [-0.25, -0.2) is 0 Å². The lowest BCUT2D eigenvalue weighted by molar-refractivity contribution is 0.870. The average Bonchev–Trinajstić information content (AvgIpc) is 2.30. The van der Waals surface area contributed by atoms with Crippen LogP contribution in [0.25, 0.3) is 11.1 Å². The monoisotopic (exact) mass is 211 g/mol. The maximum atomic E-state index is 5.97. The lowest BCUT2D eigenvalue weighted by atomic mass is 9.96. The van der Waals surface area contributed by atoms with E-state index < -0.39 is 0 Å². The van der Waals surface area contributed by atoms with Gasteiger partial charge in [-0.05, 0) is 34.7 Å². The molecular weight excluding hydrogens is 194 g/mol. The maximum Gasteiger partial charge on any atom is 0.0349 e. The van der Waals surface area contributed by atoms with Crippen LogP contribution >= 0.6 is 0 Å². The molecule has 0 aromatic heterocycles. The van der Waals surface area contributed by atoms with E-state index in [1.165, 1.54) is 16.7 Å². The summed E-state index contributed by atoms with van der Waals surface area (Å²) < 4.78 is 0. The summed E-state index contributed by atoms with van der Waals surface area (Å²) in [6.07, 6.45) is 0. The molecule has 2 rings (SSSR count). The predicted octanol–water partition coefficient (Wildman–Crippen LogP) is 4.06. The van der Waals surface area contributed by atoms with E-state index in [0.29, 0.717) is 5.92 Å². The van der Waals surface area contributed by atoms with Crippen LogP contribution in [0.5, 0.6) is 0 Å². The zero-order chi connectivity index (χ0) is 11.5. The summed E-state index contributed by atoms with van der Waals surface area (Å²) in [5.74, 6) is 0.462. The minimum atomic E-state index is 0.462. The highest BCUT2D eigenvalue weighted by molar-refractivity contribution is 5.68. The van der Waals surface area contributed by atoms with Crippen molar-refractivity contribution in [2.45, 2.75) is 19.8 Å². The minimum absolute atomic E-state index is 0.462. The summed E-state index contributed by atoms with van der Waals surface area (Å²) >= 11 is 0. The lowest BCUT2D eigenvalue weighted by Crippen LogP contribution is -1.96. The second-order valence-electron chi connectivity index (χ2n) is 4.36. The summed E-state index contributed by atoms with van der Waals surface area (Å²) in [5.41, 5.74) is 10.6. The maximum absolute atomic E-state index is 5.97. The predicted molar refractivity (Wildman–Crippen MR) is 70.4 cm³/mol. The van der Waals surface area contributed by atoms with Crippen molar-refractivity contribution in [3.05, 3.63) is 54.1 Å². The molecule has 0 fully saturated rings. The van der Waals surface area contributed by atoms with Crippen LogP contribution in [0.4, 0.5) is 5.69 Å². The van der Waals surface area contributed by atoms with Crippen LogP contribution in [0.2, 0.25) is 0 Å². The summed E-state index contributed by atoms with van der Waals surface area (Å²) in [7, 11) is 0. The molecule has 2 aromatic carbocycles. The van der Waals surface area contributed by atoms with E-state index >= 15 is 0 Å². The molecule has 0 radical (unpaired) electrons. The molecule has 82 valence electrons. The van der Waals surface area contributed by atoms with E-state index in [1.54, 1.807) is 0 Å². The first-order valence-corrected chi connectivity index (χ1v) is 5.63. The molecule has 0 heterocycles. The molecule has 0 saturated heterocycles. The topological polar surface area (TPSA) is 26.0 Å². The summed E-state index contributed by atoms with van der Waals surface area (Å²) in [5, 5.41) is 0. The van der Waals surface area contributed by atoms with E-state index in [1.807, 2.05) is 12.1 Å². The zero-order valence-electron chi connectivity index (χ0n) is 9.77. The molecule has 1 heteroatoms. The van der Waals surface area contributed by atoms with Crippen LogP contribution in [0.1, 0.15) is 25.3 Å². The lowest BCUT2D eigenvalue weighted by Gasteiger charge is -2.11. The van der Waals surface area contributed by atoms with Gasteiger partial charge in [0.25, 0.3) is 0 Å². The van der Waals surface area contributed by atoms with Crippen molar-refractivity contribution < 1.29 is 0 Å². The third-order valence-electron chi connectivity index (χ3n) is 2.82. The Hall–Kier alpha value is -1.76. The van der Waals surface area contributed by atoms with E-state index in [0.717, 1.165) is 5.69 Å². The Morgan fingerprint density at radius 2 is 1.56 bits per heavy atom. The van der Waals surface area contributed by atoms with Crippen molar-refractivity contribution in [1.82, 2.24) is 0 Å². The Kier molecular flexibility index (Phi) is 2.95. The van der Waals surface area contributed by atoms with Gasteiger partial charge >= 0.3 is 0 Å². The first kappa shape index (κ1) is 10.7. The highest BCUT2D eigenvalue weighted by Crippen LogP contribution is 2.28. The fourth-order valence-corrected chi connectivity index (χ4v) is 1.88. The van der Waals surface area contributed by atoms with Gasteiger partial charge in [0, 0.05) is 5.69 Å². The third kappa shape index (κ3) is 2.08. The molecule has 0 bridgehead atoms. The van der Waals surface area contributed by atoms with Gasteiger partial charge in [-0.15, -0.1) is 0 Å². The number of nitrogen functional groups attached to an aromatic ring is 1. The first-order valence-electron chi connectivity index (χ1n) is 5.63. The fourth-order valence-electron chi connectivity index (χ4n) is 1.88. The molecule has 0 aliphatic carbocycles. The Bertz CT molecular complexity index is 472. The van der Waals surface area contributed by atoms with Crippen LogP contribution in [0.3, 0.4) is 0 Å². The Morgan fingerprint density at radius 1 is 0.875 bits per heavy atom. The van der Waals surface area contributed by atoms with Gasteiger partial charge in [-0.1, -0.05) is 50.2 Å². The molecule has 0 unspecified atom stereocenters. The number of anilines is 1. The van der Waals surface area contributed by atoms with Crippen molar-refractivity contribution in [3.63, 3.8) is 0 Å². The largest absolute Gasteiger partial charge is 0.398 e. The molecule has 2 aromatic rings.